The lowest BCUT2D eigenvalue weighted by molar-refractivity contribution is 0.0687. The van der Waals surface area contributed by atoms with Gasteiger partial charge in [-0.3, -0.25) is 0 Å². The number of nitrogens with zero attached hydrogens (tertiary/aromatic N) is 1. The summed E-state index contributed by atoms with van der Waals surface area (Å²) >= 11 is 0. The van der Waals surface area contributed by atoms with E-state index in [1.165, 1.54) is 23.7 Å². The van der Waals surface area contributed by atoms with Gasteiger partial charge in [-0.05, 0) is 24.3 Å². The number of rotatable bonds is 2. The van der Waals surface area contributed by atoms with Crippen molar-refractivity contribution < 1.29 is 18.7 Å². The monoisotopic (exact) mass is 237 g/mol. The van der Waals surface area contributed by atoms with Crippen LogP contribution >= 0.6 is 0 Å². The van der Waals surface area contributed by atoms with Crippen LogP contribution in [0.15, 0.2) is 30.3 Å². The predicted octanol–water partition coefficient (Wildman–Crippen LogP) is 2.67. The Balaban J connectivity index is 2.57. The molecule has 0 amide bonds. The van der Waals surface area contributed by atoms with Gasteiger partial charge >= 0.3 is 5.97 Å². The molecule has 88 valence electrons. The van der Waals surface area contributed by atoms with Crippen LogP contribution in [-0.2, 0) is 7.05 Å². The van der Waals surface area contributed by atoms with Crippen molar-refractivity contribution in [3.63, 3.8) is 0 Å². The van der Waals surface area contributed by atoms with Crippen LogP contribution in [0, 0.1) is 11.6 Å². The van der Waals surface area contributed by atoms with E-state index in [1.54, 1.807) is 0 Å². The topological polar surface area (TPSA) is 42.2 Å². The molecule has 0 saturated carbocycles. The summed E-state index contributed by atoms with van der Waals surface area (Å²) in [7, 11) is 1.53. The van der Waals surface area contributed by atoms with E-state index >= 15 is 0 Å². The molecule has 0 aliphatic rings. The predicted molar refractivity (Wildman–Crippen MR) is 57.7 cm³/mol. The normalized spacial score (nSPS) is 10.5. The third-order valence-electron chi connectivity index (χ3n) is 2.50. The molecule has 0 aliphatic carbocycles. The number of aromatic nitrogens is 1. The molecule has 2 aromatic rings. The van der Waals surface area contributed by atoms with Crippen molar-refractivity contribution >= 4 is 5.97 Å². The molecule has 0 atom stereocenters. The van der Waals surface area contributed by atoms with Crippen molar-refractivity contribution in [3.8, 4) is 11.3 Å². The SMILES string of the molecule is Cn1c(C(=O)O)ccc1-c1cc(F)cc(F)c1. The molecule has 1 N–H and O–H groups in total. The van der Waals surface area contributed by atoms with Gasteiger partial charge in [0.15, 0.2) is 0 Å². The second-order valence-electron chi connectivity index (χ2n) is 3.63. The van der Waals surface area contributed by atoms with E-state index in [0.29, 0.717) is 11.3 Å². The first kappa shape index (κ1) is 11.3. The Morgan fingerprint density at radius 2 is 1.76 bits per heavy atom. The van der Waals surface area contributed by atoms with Crippen LogP contribution in [-0.4, -0.2) is 15.6 Å². The highest BCUT2D eigenvalue weighted by molar-refractivity contribution is 5.87. The summed E-state index contributed by atoms with van der Waals surface area (Å²) in [5.41, 5.74) is 0.808. The summed E-state index contributed by atoms with van der Waals surface area (Å²) in [5.74, 6) is -2.48. The van der Waals surface area contributed by atoms with Gasteiger partial charge in [0.2, 0.25) is 0 Å². The average Bonchev–Trinajstić information content (AvgIpc) is 2.58. The third-order valence-corrected chi connectivity index (χ3v) is 2.50. The van der Waals surface area contributed by atoms with E-state index in [4.69, 9.17) is 5.11 Å². The van der Waals surface area contributed by atoms with Crippen molar-refractivity contribution in [1.29, 1.82) is 0 Å². The largest absolute Gasteiger partial charge is 0.477 e. The quantitative estimate of drug-likeness (QED) is 0.872. The van der Waals surface area contributed by atoms with E-state index in [2.05, 4.69) is 0 Å². The van der Waals surface area contributed by atoms with Crippen LogP contribution in [0.25, 0.3) is 11.3 Å². The minimum absolute atomic E-state index is 0.0599. The Morgan fingerprint density at radius 3 is 2.24 bits per heavy atom. The first-order valence-corrected chi connectivity index (χ1v) is 4.84. The van der Waals surface area contributed by atoms with Crippen LogP contribution in [0.4, 0.5) is 8.78 Å². The number of benzene rings is 1. The Hall–Kier alpha value is -2.17. The Bertz CT molecular complexity index is 570. The van der Waals surface area contributed by atoms with Gasteiger partial charge in [-0.25, -0.2) is 13.6 Å². The standard InChI is InChI=1S/C12H9F2NO2/c1-15-10(2-3-11(15)12(16)17)7-4-8(13)6-9(14)5-7/h2-6H,1H3,(H,16,17). The van der Waals surface area contributed by atoms with Crippen LogP contribution in [0.1, 0.15) is 10.5 Å². The van der Waals surface area contributed by atoms with E-state index in [-0.39, 0.29) is 5.69 Å². The summed E-state index contributed by atoms with van der Waals surface area (Å²) in [6, 6.07) is 5.98. The molecular weight excluding hydrogens is 228 g/mol. The van der Waals surface area contributed by atoms with Crippen molar-refractivity contribution in [2.24, 2.45) is 7.05 Å². The lowest BCUT2D eigenvalue weighted by Gasteiger charge is -2.05. The second kappa shape index (κ2) is 4.01. The number of halogens is 2. The zero-order valence-electron chi connectivity index (χ0n) is 8.95. The van der Waals surface area contributed by atoms with E-state index < -0.39 is 17.6 Å². The van der Waals surface area contributed by atoms with E-state index in [1.807, 2.05) is 0 Å². The minimum atomic E-state index is -1.09. The Kier molecular flexibility index (Phi) is 2.67. The third kappa shape index (κ3) is 2.04. The molecule has 0 unspecified atom stereocenters. The number of hydrogen-bond donors (Lipinski definition) is 1. The summed E-state index contributed by atoms with van der Waals surface area (Å²) in [6.07, 6.45) is 0. The number of carboxylic acid groups (broad SMARTS) is 1. The maximum atomic E-state index is 13.0. The fraction of sp³-hybridized carbons (Fsp3) is 0.0833. The van der Waals surface area contributed by atoms with Gasteiger partial charge < -0.3 is 9.67 Å². The summed E-state index contributed by atoms with van der Waals surface area (Å²) < 4.78 is 27.5. The molecule has 2 rings (SSSR count). The molecule has 1 aromatic heterocycles. The molecular formula is C12H9F2NO2. The number of hydrogen-bond acceptors (Lipinski definition) is 1. The van der Waals surface area contributed by atoms with Crippen molar-refractivity contribution in [3.05, 3.63) is 47.7 Å². The van der Waals surface area contributed by atoms with Crippen LogP contribution < -0.4 is 0 Å². The lowest BCUT2D eigenvalue weighted by Crippen LogP contribution is -2.05. The fourth-order valence-corrected chi connectivity index (χ4v) is 1.72. The smallest absolute Gasteiger partial charge is 0.352 e. The summed E-state index contributed by atoms with van der Waals surface area (Å²) in [5, 5.41) is 8.87. The summed E-state index contributed by atoms with van der Waals surface area (Å²) in [4.78, 5) is 10.8. The molecule has 17 heavy (non-hydrogen) atoms. The number of carboxylic acids is 1. The Labute approximate surface area is 95.9 Å². The highest BCUT2D eigenvalue weighted by Gasteiger charge is 2.13. The highest BCUT2D eigenvalue weighted by atomic mass is 19.1. The van der Waals surface area contributed by atoms with Crippen molar-refractivity contribution in [1.82, 2.24) is 4.57 Å². The van der Waals surface area contributed by atoms with Gasteiger partial charge in [0.1, 0.15) is 17.3 Å². The fourth-order valence-electron chi connectivity index (χ4n) is 1.72. The van der Waals surface area contributed by atoms with Gasteiger partial charge in [0, 0.05) is 24.4 Å². The lowest BCUT2D eigenvalue weighted by atomic mass is 10.1. The molecule has 0 aliphatic heterocycles. The molecule has 1 aromatic carbocycles. The zero-order valence-corrected chi connectivity index (χ0v) is 8.95. The van der Waals surface area contributed by atoms with Crippen molar-refractivity contribution in [2.45, 2.75) is 0 Å². The van der Waals surface area contributed by atoms with Gasteiger partial charge in [0.05, 0.1) is 0 Å². The zero-order chi connectivity index (χ0) is 12.6. The maximum Gasteiger partial charge on any atom is 0.352 e. The molecule has 5 heteroatoms. The van der Waals surface area contributed by atoms with Crippen LogP contribution in [0.3, 0.4) is 0 Å². The van der Waals surface area contributed by atoms with Gasteiger partial charge in [-0.2, -0.15) is 0 Å². The van der Waals surface area contributed by atoms with Crippen LogP contribution in [0.5, 0.6) is 0 Å². The van der Waals surface area contributed by atoms with Gasteiger partial charge in [-0.1, -0.05) is 0 Å². The Morgan fingerprint density at radius 1 is 1.18 bits per heavy atom. The molecule has 1 heterocycles. The number of carbonyl (C=O) groups is 1. The number of aromatic carboxylic acids is 1. The minimum Gasteiger partial charge on any atom is -0.477 e. The molecule has 3 nitrogen and oxygen atoms in total. The maximum absolute atomic E-state index is 13.0. The van der Waals surface area contributed by atoms with E-state index in [0.717, 1.165) is 18.2 Å². The first-order valence-electron chi connectivity index (χ1n) is 4.84. The van der Waals surface area contributed by atoms with Crippen LogP contribution in [0.2, 0.25) is 0 Å². The van der Waals surface area contributed by atoms with Gasteiger partial charge in [-0.15, -0.1) is 0 Å². The average molecular weight is 237 g/mol. The summed E-state index contributed by atoms with van der Waals surface area (Å²) in [6.45, 7) is 0. The molecule has 0 spiro atoms. The second-order valence-corrected chi connectivity index (χ2v) is 3.63. The van der Waals surface area contributed by atoms with Gasteiger partial charge in [0.25, 0.3) is 0 Å². The molecule has 0 radical (unpaired) electrons. The highest BCUT2D eigenvalue weighted by Crippen LogP contribution is 2.23. The molecule has 0 fully saturated rings. The van der Waals surface area contributed by atoms with Crippen molar-refractivity contribution in [2.75, 3.05) is 0 Å². The van der Waals surface area contributed by atoms with E-state index in [9.17, 15) is 13.6 Å². The molecule has 0 saturated heterocycles. The molecule has 0 bridgehead atoms. The first-order chi connectivity index (χ1) is 7.99.